The summed E-state index contributed by atoms with van der Waals surface area (Å²) in [6.07, 6.45) is 3.18. The van der Waals surface area contributed by atoms with Crippen molar-refractivity contribution < 1.29 is 19.4 Å². The van der Waals surface area contributed by atoms with Crippen molar-refractivity contribution in [1.29, 1.82) is 0 Å². The number of phenols is 1. The lowest BCUT2D eigenvalue weighted by Gasteiger charge is -2.35. The third-order valence-corrected chi connectivity index (χ3v) is 4.34. The van der Waals surface area contributed by atoms with Crippen LogP contribution in [0.15, 0.2) is 18.2 Å². The number of rotatable bonds is 2. The van der Waals surface area contributed by atoms with E-state index in [1.807, 2.05) is 0 Å². The Bertz CT molecular complexity index is 532. The molecule has 1 spiro atoms. The van der Waals surface area contributed by atoms with Crippen LogP contribution in [-0.4, -0.2) is 36.1 Å². The van der Waals surface area contributed by atoms with E-state index in [-0.39, 0.29) is 23.3 Å². The van der Waals surface area contributed by atoms with E-state index in [9.17, 15) is 9.90 Å². The minimum absolute atomic E-state index is 0.0750. The summed E-state index contributed by atoms with van der Waals surface area (Å²) in [5.41, 5.74) is 0.244. The van der Waals surface area contributed by atoms with Gasteiger partial charge in [0.25, 0.3) is 5.91 Å². The number of hydrogen-bond acceptors (Lipinski definition) is 4. The Hall–Kier alpha value is -1.30. The number of amides is 1. The number of ether oxygens (including phenoxy) is 2. The van der Waals surface area contributed by atoms with Crippen molar-refractivity contribution in [3.63, 3.8) is 0 Å². The number of carbonyl (C=O) groups is 1. The highest BCUT2D eigenvalue weighted by Crippen LogP contribution is 2.35. The van der Waals surface area contributed by atoms with Crippen LogP contribution in [0.1, 0.15) is 36.0 Å². The summed E-state index contributed by atoms with van der Waals surface area (Å²) in [4.78, 5) is 12.2. The fraction of sp³-hybridized carbons (Fsp3) is 0.533. The fourth-order valence-corrected chi connectivity index (χ4v) is 3.11. The van der Waals surface area contributed by atoms with Crippen LogP contribution in [0.25, 0.3) is 0 Å². The van der Waals surface area contributed by atoms with E-state index in [2.05, 4.69) is 5.32 Å². The number of hydrogen-bond donors (Lipinski definition) is 2. The summed E-state index contributed by atoms with van der Waals surface area (Å²) in [6.45, 7) is 1.30. The van der Waals surface area contributed by atoms with Gasteiger partial charge in [0.15, 0.2) is 5.79 Å². The molecule has 0 atom stereocenters. The monoisotopic (exact) mass is 311 g/mol. The summed E-state index contributed by atoms with van der Waals surface area (Å²) >= 11 is 5.76. The Morgan fingerprint density at radius 3 is 2.57 bits per heavy atom. The molecular weight excluding hydrogens is 294 g/mol. The molecule has 1 amide bonds. The summed E-state index contributed by atoms with van der Waals surface area (Å²) in [5.74, 6) is -0.808. The van der Waals surface area contributed by atoms with E-state index in [4.69, 9.17) is 21.1 Å². The van der Waals surface area contributed by atoms with Crippen LogP contribution in [0.3, 0.4) is 0 Å². The van der Waals surface area contributed by atoms with Gasteiger partial charge in [0.1, 0.15) is 5.75 Å². The highest BCUT2D eigenvalue weighted by atomic mass is 35.5. The van der Waals surface area contributed by atoms with Crippen LogP contribution in [0, 0.1) is 0 Å². The van der Waals surface area contributed by atoms with Crippen molar-refractivity contribution >= 4 is 17.5 Å². The Labute approximate surface area is 128 Å². The van der Waals surface area contributed by atoms with E-state index >= 15 is 0 Å². The predicted molar refractivity (Wildman–Crippen MR) is 77.5 cm³/mol. The number of phenolic OH excluding ortho intramolecular Hbond substituents is 1. The molecule has 1 aromatic rings. The number of halogens is 1. The first-order chi connectivity index (χ1) is 10.1. The van der Waals surface area contributed by atoms with Gasteiger partial charge in [-0.05, 0) is 31.0 Å². The molecule has 0 aromatic heterocycles. The molecule has 114 valence electrons. The van der Waals surface area contributed by atoms with Gasteiger partial charge in [-0.1, -0.05) is 11.6 Å². The zero-order chi connectivity index (χ0) is 14.9. The van der Waals surface area contributed by atoms with Crippen LogP contribution < -0.4 is 5.32 Å². The van der Waals surface area contributed by atoms with Crippen molar-refractivity contribution in [2.75, 3.05) is 13.2 Å². The van der Waals surface area contributed by atoms with Crippen molar-refractivity contribution in [3.05, 3.63) is 28.8 Å². The van der Waals surface area contributed by atoms with E-state index in [1.165, 1.54) is 12.1 Å². The summed E-state index contributed by atoms with van der Waals surface area (Å²) in [5, 5.41) is 13.1. The van der Waals surface area contributed by atoms with Gasteiger partial charge >= 0.3 is 0 Å². The van der Waals surface area contributed by atoms with Gasteiger partial charge in [0.2, 0.25) is 0 Å². The SMILES string of the molecule is O=C(NC1CCC2(CC1)OCCO2)c1ccc(Cl)cc1O. The second-order valence-electron chi connectivity index (χ2n) is 5.52. The summed E-state index contributed by atoms with van der Waals surface area (Å²) in [7, 11) is 0. The third kappa shape index (κ3) is 3.15. The number of carbonyl (C=O) groups excluding carboxylic acids is 1. The van der Waals surface area contributed by atoms with Gasteiger partial charge in [-0.2, -0.15) is 0 Å². The average molecular weight is 312 g/mol. The Balaban J connectivity index is 1.58. The molecule has 1 heterocycles. The van der Waals surface area contributed by atoms with Gasteiger partial charge in [0.05, 0.1) is 18.8 Å². The first-order valence-electron chi connectivity index (χ1n) is 7.15. The second-order valence-corrected chi connectivity index (χ2v) is 5.95. The topological polar surface area (TPSA) is 67.8 Å². The van der Waals surface area contributed by atoms with Gasteiger partial charge < -0.3 is 19.9 Å². The zero-order valence-corrected chi connectivity index (χ0v) is 12.4. The molecule has 21 heavy (non-hydrogen) atoms. The van der Waals surface area contributed by atoms with E-state index in [0.29, 0.717) is 18.2 Å². The van der Waals surface area contributed by atoms with Crippen LogP contribution >= 0.6 is 11.6 Å². The van der Waals surface area contributed by atoms with Crippen molar-refractivity contribution in [1.82, 2.24) is 5.32 Å². The van der Waals surface area contributed by atoms with Gasteiger partial charge in [0, 0.05) is 23.9 Å². The zero-order valence-electron chi connectivity index (χ0n) is 11.6. The maximum absolute atomic E-state index is 12.2. The van der Waals surface area contributed by atoms with Crippen molar-refractivity contribution in [3.8, 4) is 5.75 Å². The van der Waals surface area contributed by atoms with Gasteiger partial charge in [-0.15, -0.1) is 0 Å². The predicted octanol–water partition coefficient (Wildman–Crippen LogP) is 2.46. The largest absolute Gasteiger partial charge is 0.507 e. The molecule has 0 unspecified atom stereocenters. The van der Waals surface area contributed by atoms with Crippen molar-refractivity contribution in [2.24, 2.45) is 0 Å². The first kappa shape index (κ1) is 14.6. The molecular formula is C15H18ClNO4. The Morgan fingerprint density at radius 2 is 1.95 bits per heavy atom. The third-order valence-electron chi connectivity index (χ3n) is 4.10. The lowest BCUT2D eigenvalue weighted by Crippen LogP contribution is -2.44. The standard InChI is InChI=1S/C15H18ClNO4/c16-10-1-2-12(13(18)9-10)14(19)17-11-3-5-15(6-4-11)20-7-8-21-15/h1-2,9,11,18H,3-8H2,(H,17,19). The lowest BCUT2D eigenvalue weighted by molar-refractivity contribution is -0.179. The first-order valence-corrected chi connectivity index (χ1v) is 7.53. The van der Waals surface area contributed by atoms with Crippen LogP contribution in [-0.2, 0) is 9.47 Å². The lowest BCUT2D eigenvalue weighted by atomic mass is 9.90. The van der Waals surface area contributed by atoms with E-state index in [1.54, 1.807) is 6.07 Å². The molecule has 1 saturated heterocycles. The highest BCUT2D eigenvalue weighted by molar-refractivity contribution is 6.30. The molecule has 6 heteroatoms. The van der Waals surface area contributed by atoms with E-state index < -0.39 is 5.79 Å². The minimum atomic E-state index is -0.427. The maximum atomic E-state index is 12.2. The number of aromatic hydroxyl groups is 1. The van der Waals surface area contributed by atoms with Gasteiger partial charge in [-0.25, -0.2) is 0 Å². The fourth-order valence-electron chi connectivity index (χ4n) is 2.95. The minimum Gasteiger partial charge on any atom is -0.507 e. The van der Waals surface area contributed by atoms with Crippen LogP contribution in [0.2, 0.25) is 5.02 Å². The molecule has 3 rings (SSSR count). The molecule has 1 aliphatic heterocycles. The van der Waals surface area contributed by atoms with Crippen LogP contribution in [0.4, 0.5) is 0 Å². The number of nitrogens with one attached hydrogen (secondary N) is 1. The smallest absolute Gasteiger partial charge is 0.255 e. The highest BCUT2D eigenvalue weighted by Gasteiger charge is 2.40. The molecule has 2 N–H and O–H groups in total. The second kappa shape index (κ2) is 5.83. The molecule has 1 saturated carbocycles. The molecule has 1 aromatic carbocycles. The molecule has 0 bridgehead atoms. The normalized spacial score (nSPS) is 21.6. The molecule has 2 fully saturated rings. The molecule has 2 aliphatic rings. The molecule has 5 nitrogen and oxygen atoms in total. The summed E-state index contributed by atoms with van der Waals surface area (Å²) < 4.78 is 11.3. The quantitative estimate of drug-likeness (QED) is 0.880. The maximum Gasteiger partial charge on any atom is 0.255 e. The molecule has 0 radical (unpaired) electrons. The summed E-state index contributed by atoms with van der Waals surface area (Å²) in [6, 6.07) is 4.56. The number of benzene rings is 1. The Morgan fingerprint density at radius 1 is 1.29 bits per heavy atom. The molecule has 1 aliphatic carbocycles. The van der Waals surface area contributed by atoms with E-state index in [0.717, 1.165) is 25.7 Å². The average Bonchev–Trinajstić information content (AvgIpc) is 2.90. The Kier molecular flexibility index (Phi) is 4.06. The van der Waals surface area contributed by atoms with Gasteiger partial charge in [-0.3, -0.25) is 4.79 Å². The van der Waals surface area contributed by atoms with Crippen molar-refractivity contribution in [2.45, 2.75) is 37.5 Å². The van der Waals surface area contributed by atoms with Crippen LogP contribution in [0.5, 0.6) is 5.75 Å².